The van der Waals surface area contributed by atoms with Crippen molar-refractivity contribution in [2.75, 3.05) is 46.0 Å². The zero-order chi connectivity index (χ0) is 20.2. The van der Waals surface area contributed by atoms with Crippen molar-refractivity contribution < 1.29 is 9.47 Å². The smallest absolute Gasteiger partial charge is 0.191 e. The van der Waals surface area contributed by atoms with Crippen molar-refractivity contribution in [3.8, 4) is 5.75 Å². The van der Waals surface area contributed by atoms with Gasteiger partial charge in [0.25, 0.3) is 0 Å². The lowest BCUT2D eigenvalue weighted by Gasteiger charge is -2.26. The Balaban J connectivity index is 0.00000320. The summed E-state index contributed by atoms with van der Waals surface area (Å²) in [6, 6.07) is 18.5. The number of ether oxygens (including phenoxy) is 2. The van der Waals surface area contributed by atoms with E-state index in [1.54, 1.807) is 0 Å². The fourth-order valence-electron chi connectivity index (χ4n) is 3.21. The van der Waals surface area contributed by atoms with E-state index in [9.17, 15) is 0 Å². The third-order valence-corrected chi connectivity index (χ3v) is 4.67. The summed E-state index contributed by atoms with van der Waals surface area (Å²) in [4.78, 5) is 7.16. The van der Waals surface area contributed by atoms with Gasteiger partial charge in [-0.25, -0.2) is 4.99 Å². The van der Waals surface area contributed by atoms with Crippen molar-refractivity contribution in [3.63, 3.8) is 0 Å². The highest BCUT2D eigenvalue weighted by molar-refractivity contribution is 14.0. The Bertz CT molecular complexity index is 752. The number of nitrogens with one attached hydrogen (secondary N) is 2. The summed E-state index contributed by atoms with van der Waals surface area (Å²) in [5, 5.41) is 6.63. The highest BCUT2D eigenvalue weighted by atomic mass is 127. The molecule has 0 aliphatic carbocycles. The van der Waals surface area contributed by atoms with Crippen molar-refractivity contribution in [1.29, 1.82) is 0 Å². The van der Waals surface area contributed by atoms with Crippen molar-refractivity contribution in [1.82, 2.24) is 15.5 Å². The molecular formula is C23H33IN4O2. The second-order valence-electron chi connectivity index (χ2n) is 6.99. The fourth-order valence-corrected chi connectivity index (χ4v) is 3.21. The molecule has 1 heterocycles. The molecule has 30 heavy (non-hydrogen) atoms. The first kappa shape index (κ1) is 24.4. The van der Waals surface area contributed by atoms with Crippen LogP contribution in [-0.4, -0.2) is 56.9 Å². The van der Waals surface area contributed by atoms with E-state index in [1.165, 1.54) is 11.1 Å². The van der Waals surface area contributed by atoms with E-state index in [0.717, 1.165) is 51.1 Å². The largest absolute Gasteiger partial charge is 0.492 e. The van der Waals surface area contributed by atoms with Gasteiger partial charge in [-0.1, -0.05) is 42.5 Å². The van der Waals surface area contributed by atoms with Gasteiger partial charge in [0.2, 0.25) is 0 Å². The van der Waals surface area contributed by atoms with Gasteiger partial charge in [0.05, 0.1) is 26.3 Å². The Morgan fingerprint density at radius 3 is 2.57 bits per heavy atom. The Kier molecular flexibility index (Phi) is 11.6. The lowest BCUT2D eigenvalue weighted by atomic mass is 10.1. The quantitative estimate of drug-likeness (QED) is 0.228. The summed E-state index contributed by atoms with van der Waals surface area (Å²) in [5.74, 6) is 1.69. The van der Waals surface area contributed by atoms with E-state index in [1.807, 2.05) is 30.3 Å². The zero-order valence-corrected chi connectivity index (χ0v) is 20.0. The molecule has 0 aromatic heterocycles. The van der Waals surface area contributed by atoms with Crippen LogP contribution < -0.4 is 15.4 Å². The number of para-hydroxylation sites is 1. The van der Waals surface area contributed by atoms with E-state index < -0.39 is 0 Å². The summed E-state index contributed by atoms with van der Waals surface area (Å²) in [6.07, 6.45) is 0. The van der Waals surface area contributed by atoms with Crippen LogP contribution in [0.5, 0.6) is 5.75 Å². The summed E-state index contributed by atoms with van der Waals surface area (Å²) in [5.41, 5.74) is 2.54. The molecule has 6 nitrogen and oxygen atoms in total. The van der Waals surface area contributed by atoms with Gasteiger partial charge < -0.3 is 20.1 Å². The van der Waals surface area contributed by atoms with Crippen LogP contribution in [-0.2, 0) is 17.8 Å². The van der Waals surface area contributed by atoms with Crippen molar-refractivity contribution >= 4 is 29.9 Å². The second-order valence-corrected chi connectivity index (χ2v) is 6.99. The highest BCUT2D eigenvalue weighted by Crippen LogP contribution is 2.11. The Hall–Kier alpha value is -1.84. The van der Waals surface area contributed by atoms with Crippen LogP contribution in [0.1, 0.15) is 18.1 Å². The average molecular weight is 524 g/mol. The van der Waals surface area contributed by atoms with Crippen LogP contribution in [0.15, 0.2) is 59.6 Å². The summed E-state index contributed by atoms with van der Waals surface area (Å²) >= 11 is 0. The van der Waals surface area contributed by atoms with Crippen LogP contribution >= 0.6 is 24.0 Å². The van der Waals surface area contributed by atoms with Crippen LogP contribution in [0.25, 0.3) is 0 Å². The van der Waals surface area contributed by atoms with E-state index in [-0.39, 0.29) is 24.0 Å². The number of hydrogen-bond donors (Lipinski definition) is 2. The molecule has 0 saturated carbocycles. The first-order valence-corrected chi connectivity index (χ1v) is 10.4. The van der Waals surface area contributed by atoms with Crippen molar-refractivity contribution in [2.45, 2.75) is 20.0 Å². The molecule has 0 amide bonds. The Morgan fingerprint density at radius 2 is 1.80 bits per heavy atom. The topological polar surface area (TPSA) is 58.1 Å². The SMILES string of the molecule is CCNC(=NCc1cccc(CN2CCOCC2)c1)NCCOc1ccccc1.I. The maximum atomic E-state index is 5.73. The molecule has 164 valence electrons. The van der Waals surface area contributed by atoms with Crippen LogP contribution in [0.3, 0.4) is 0 Å². The number of aliphatic imine (C=N–C) groups is 1. The number of morpholine rings is 1. The fraction of sp³-hybridized carbons (Fsp3) is 0.435. The number of halogens is 1. The van der Waals surface area contributed by atoms with Crippen LogP contribution in [0.4, 0.5) is 0 Å². The average Bonchev–Trinajstić information content (AvgIpc) is 2.77. The predicted octanol–water partition coefficient (Wildman–Crippen LogP) is 3.27. The number of nitrogens with zero attached hydrogens (tertiary/aromatic N) is 2. The molecule has 3 rings (SSSR count). The van der Waals surface area contributed by atoms with Crippen LogP contribution in [0, 0.1) is 0 Å². The molecule has 1 aliphatic rings. The first-order chi connectivity index (χ1) is 14.3. The molecule has 2 aromatic rings. The van der Waals surface area contributed by atoms with Crippen LogP contribution in [0.2, 0.25) is 0 Å². The van der Waals surface area contributed by atoms with Crippen molar-refractivity contribution in [3.05, 3.63) is 65.7 Å². The molecule has 7 heteroatoms. The predicted molar refractivity (Wildman–Crippen MR) is 133 cm³/mol. The number of benzene rings is 2. The summed E-state index contributed by atoms with van der Waals surface area (Å²) in [6.45, 7) is 9.45. The molecule has 2 N–H and O–H groups in total. The van der Waals surface area contributed by atoms with Crippen molar-refractivity contribution in [2.24, 2.45) is 4.99 Å². The van der Waals surface area contributed by atoms with Gasteiger partial charge in [0, 0.05) is 26.2 Å². The molecule has 0 spiro atoms. The maximum Gasteiger partial charge on any atom is 0.191 e. The van der Waals surface area contributed by atoms with E-state index >= 15 is 0 Å². The molecule has 1 aliphatic heterocycles. The Labute approximate surface area is 197 Å². The number of rotatable bonds is 9. The minimum Gasteiger partial charge on any atom is -0.492 e. The number of guanidine groups is 1. The molecule has 1 saturated heterocycles. The molecule has 1 fully saturated rings. The van der Waals surface area contributed by atoms with Gasteiger partial charge in [0.1, 0.15) is 12.4 Å². The second kappa shape index (κ2) is 14.2. The van der Waals surface area contributed by atoms with Gasteiger partial charge in [-0.05, 0) is 30.2 Å². The third kappa shape index (κ3) is 8.89. The molecule has 0 atom stereocenters. The molecular weight excluding hydrogens is 491 g/mol. The maximum absolute atomic E-state index is 5.73. The zero-order valence-electron chi connectivity index (χ0n) is 17.7. The standard InChI is InChI=1S/C23H32N4O2.HI/c1-2-24-23(25-11-14-29-22-9-4-3-5-10-22)26-18-20-7-6-8-21(17-20)19-27-12-15-28-16-13-27;/h3-10,17H,2,11-16,18-19H2,1H3,(H2,24,25,26);1H. The first-order valence-electron chi connectivity index (χ1n) is 10.4. The lowest BCUT2D eigenvalue weighted by Crippen LogP contribution is -2.39. The normalized spacial score (nSPS) is 14.6. The molecule has 0 bridgehead atoms. The summed E-state index contributed by atoms with van der Waals surface area (Å²) in [7, 11) is 0. The Morgan fingerprint density at radius 1 is 1.03 bits per heavy atom. The van der Waals surface area contributed by atoms with E-state index in [4.69, 9.17) is 14.5 Å². The highest BCUT2D eigenvalue weighted by Gasteiger charge is 2.10. The monoisotopic (exact) mass is 524 g/mol. The third-order valence-electron chi connectivity index (χ3n) is 4.67. The minimum absolute atomic E-state index is 0. The minimum atomic E-state index is 0. The molecule has 0 radical (unpaired) electrons. The lowest BCUT2D eigenvalue weighted by molar-refractivity contribution is 0.0342. The molecule has 2 aromatic carbocycles. The van der Waals surface area contributed by atoms with Gasteiger partial charge in [0.15, 0.2) is 5.96 Å². The summed E-state index contributed by atoms with van der Waals surface area (Å²) < 4.78 is 11.2. The van der Waals surface area contributed by atoms with Gasteiger partial charge in [-0.15, -0.1) is 24.0 Å². The molecule has 0 unspecified atom stereocenters. The van der Waals surface area contributed by atoms with Gasteiger partial charge in [-0.2, -0.15) is 0 Å². The van der Waals surface area contributed by atoms with Gasteiger partial charge >= 0.3 is 0 Å². The van der Waals surface area contributed by atoms with Gasteiger partial charge in [-0.3, -0.25) is 4.90 Å². The van der Waals surface area contributed by atoms with E-state index in [2.05, 4.69) is 46.7 Å². The van der Waals surface area contributed by atoms with E-state index in [0.29, 0.717) is 19.7 Å². The number of hydrogen-bond acceptors (Lipinski definition) is 4.